The van der Waals surface area contributed by atoms with Crippen LogP contribution >= 0.6 is 0 Å². The van der Waals surface area contributed by atoms with Gasteiger partial charge in [-0.1, -0.05) is 65.8 Å². The molecule has 0 saturated carbocycles. The summed E-state index contributed by atoms with van der Waals surface area (Å²) in [7, 11) is 0. The number of nitrogens with zero attached hydrogens (tertiary/aromatic N) is 1. The van der Waals surface area contributed by atoms with Gasteiger partial charge in [-0.15, -0.1) is 34.9 Å². The van der Waals surface area contributed by atoms with Gasteiger partial charge in [0.15, 0.2) is 5.78 Å². The van der Waals surface area contributed by atoms with Crippen LogP contribution in [0.15, 0.2) is 71.0 Å². The van der Waals surface area contributed by atoms with Crippen LogP contribution in [0.4, 0.5) is 0 Å². The Labute approximate surface area is 234 Å². The molecule has 2 aromatic carbocycles. The number of ketones is 1. The molecule has 0 atom stereocenters. The largest absolute Gasteiger partial charge is 0.512 e. The first-order valence-corrected chi connectivity index (χ1v) is 12.3. The van der Waals surface area contributed by atoms with Crippen molar-refractivity contribution in [3.05, 3.63) is 89.3 Å². The fourth-order valence-electron chi connectivity index (χ4n) is 3.84. The minimum absolute atomic E-state index is 0. The van der Waals surface area contributed by atoms with Crippen LogP contribution in [0.5, 0.6) is 0 Å². The van der Waals surface area contributed by atoms with Gasteiger partial charge in [0.25, 0.3) is 0 Å². The van der Waals surface area contributed by atoms with Crippen molar-refractivity contribution in [2.24, 2.45) is 0 Å². The number of furan rings is 1. The molecule has 2 aromatic heterocycles. The van der Waals surface area contributed by atoms with Crippen molar-refractivity contribution in [2.45, 2.75) is 66.7 Å². The van der Waals surface area contributed by atoms with Crippen LogP contribution in [-0.4, -0.2) is 15.9 Å². The molecule has 4 aromatic rings. The van der Waals surface area contributed by atoms with Crippen LogP contribution < -0.4 is 0 Å². The average Bonchev–Trinajstić information content (AvgIpc) is 3.21. The van der Waals surface area contributed by atoms with Crippen molar-refractivity contribution in [1.82, 2.24) is 4.98 Å². The smallest absolute Gasteiger partial charge is 0.155 e. The van der Waals surface area contributed by atoms with Crippen molar-refractivity contribution < 1.29 is 34.4 Å². The molecule has 37 heavy (non-hydrogen) atoms. The van der Waals surface area contributed by atoms with E-state index in [0.29, 0.717) is 5.92 Å². The molecule has 2 heterocycles. The SMILES string of the molecule is CC(=O)/C=C(/C)O.Cc1[c-]c(-c2cc3oc(-c4ccc(C(C)C)cc4)cc3cn2)cc(C(C)(C)C)c1.[Ir]. The van der Waals surface area contributed by atoms with E-state index in [1.807, 2.05) is 12.3 Å². The van der Waals surface area contributed by atoms with E-state index in [1.54, 1.807) is 0 Å². The topological polar surface area (TPSA) is 63.3 Å². The van der Waals surface area contributed by atoms with Crippen LogP contribution in [-0.2, 0) is 30.3 Å². The van der Waals surface area contributed by atoms with Crippen LogP contribution in [0.1, 0.15) is 71.1 Å². The van der Waals surface area contributed by atoms with E-state index in [-0.39, 0.29) is 37.1 Å². The number of carbonyl (C=O) groups excluding carboxylic acids is 1. The maximum atomic E-state index is 10.0. The number of aliphatic hydroxyl groups is 1. The van der Waals surface area contributed by atoms with Crippen molar-refractivity contribution in [2.75, 3.05) is 0 Å². The first-order valence-electron chi connectivity index (χ1n) is 12.3. The molecule has 197 valence electrons. The van der Waals surface area contributed by atoms with E-state index >= 15 is 0 Å². The van der Waals surface area contributed by atoms with Gasteiger partial charge >= 0.3 is 0 Å². The molecule has 1 radical (unpaired) electrons. The molecule has 0 aliphatic rings. The first kappa shape index (κ1) is 30.2. The van der Waals surface area contributed by atoms with Gasteiger partial charge in [0.2, 0.25) is 0 Å². The van der Waals surface area contributed by atoms with Crippen LogP contribution in [0.2, 0.25) is 0 Å². The number of carbonyl (C=O) groups is 1. The number of benzene rings is 2. The number of hydrogen-bond acceptors (Lipinski definition) is 4. The second-order valence-electron chi connectivity index (χ2n) is 10.6. The molecule has 1 N–H and O–H groups in total. The molecule has 5 heteroatoms. The van der Waals surface area contributed by atoms with Gasteiger partial charge in [-0.2, -0.15) is 0 Å². The number of fused-ring (bicyclic) bond motifs is 1. The molecular formula is C32H36IrNO3-. The maximum Gasteiger partial charge on any atom is 0.155 e. The summed E-state index contributed by atoms with van der Waals surface area (Å²) in [6.45, 7) is 16.0. The molecule has 0 bridgehead atoms. The molecular weight excluding hydrogens is 639 g/mol. The van der Waals surface area contributed by atoms with Gasteiger partial charge in [-0.05, 0) is 48.6 Å². The summed E-state index contributed by atoms with van der Waals surface area (Å²) < 4.78 is 6.19. The van der Waals surface area contributed by atoms with E-state index in [2.05, 4.69) is 90.1 Å². The zero-order valence-electron chi connectivity index (χ0n) is 22.9. The summed E-state index contributed by atoms with van der Waals surface area (Å²) in [5.74, 6) is 1.33. The molecule has 0 saturated heterocycles. The molecule has 4 rings (SSSR count). The predicted molar refractivity (Wildman–Crippen MR) is 148 cm³/mol. The number of aliphatic hydroxyl groups excluding tert-OH is 1. The second-order valence-corrected chi connectivity index (χ2v) is 10.6. The maximum absolute atomic E-state index is 10.0. The summed E-state index contributed by atoms with van der Waals surface area (Å²) in [5.41, 5.74) is 7.67. The number of hydrogen-bond donors (Lipinski definition) is 1. The minimum Gasteiger partial charge on any atom is -0.512 e. The standard InChI is InChI=1S/C27H28NO.C5H8O2.Ir/c1-17(2)19-7-9-20(10-8-19)25-14-22-16-28-24(15-26(22)29-25)21-11-18(3)12-23(13-21)27(4,5)6;1-4(6)3-5(2)7;/h7-10,12-17H,1-6H3;3,6H,1-2H3;/q-1;;/b;4-3-;. The summed E-state index contributed by atoms with van der Waals surface area (Å²) in [5, 5.41) is 9.38. The Morgan fingerprint density at radius 1 is 1.05 bits per heavy atom. The quantitative estimate of drug-likeness (QED) is 0.134. The van der Waals surface area contributed by atoms with Gasteiger partial charge in [-0.25, -0.2) is 0 Å². The molecule has 0 aliphatic carbocycles. The molecule has 0 aliphatic heterocycles. The Balaban J connectivity index is 0.000000532. The van der Waals surface area contributed by atoms with Crippen molar-refractivity contribution in [3.8, 4) is 22.6 Å². The van der Waals surface area contributed by atoms with E-state index in [9.17, 15) is 4.79 Å². The van der Waals surface area contributed by atoms with Gasteiger partial charge in [0.1, 0.15) is 11.3 Å². The Bertz CT molecular complexity index is 1390. The normalized spacial score (nSPS) is 11.6. The van der Waals surface area contributed by atoms with Crippen LogP contribution in [0.3, 0.4) is 0 Å². The minimum atomic E-state index is -0.125. The third kappa shape index (κ3) is 8.24. The average molecular weight is 675 g/mol. The molecule has 0 fully saturated rings. The monoisotopic (exact) mass is 675 g/mol. The molecule has 0 spiro atoms. The molecule has 4 nitrogen and oxygen atoms in total. The van der Waals surface area contributed by atoms with Gasteiger partial charge in [0.05, 0.1) is 5.76 Å². The third-order valence-corrected chi connectivity index (χ3v) is 5.82. The Kier molecular flexibility index (Phi) is 10.2. The van der Waals surface area contributed by atoms with Crippen molar-refractivity contribution in [3.63, 3.8) is 0 Å². The van der Waals surface area contributed by atoms with E-state index in [4.69, 9.17) is 14.5 Å². The van der Waals surface area contributed by atoms with E-state index < -0.39 is 0 Å². The second kappa shape index (κ2) is 12.5. The number of pyridine rings is 1. The fraction of sp³-hybridized carbons (Fsp3) is 0.312. The first-order chi connectivity index (χ1) is 16.8. The summed E-state index contributed by atoms with van der Waals surface area (Å²) in [6, 6.07) is 20.5. The zero-order valence-corrected chi connectivity index (χ0v) is 25.3. The molecule has 0 unspecified atom stereocenters. The summed E-state index contributed by atoms with van der Waals surface area (Å²) >= 11 is 0. The third-order valence-electron chi connectivity index (χ3n) is 5.82. The fourth-order valence-corrected chi connectivity index (χ4v) is 3.84. The van der Waals surface area contributed by atoms with Gasteiger partial charge < -0.3 is 14.5 Å². The Morgan fingerprint density at radius 2 is 1.70 bits per heavy atom. The number of aromatic nitrogens is 1. The van der Waals surface area contributed by atoms with Crippen molar-refractivity contribution >= 4 is 16.8 Å². The van der Waals surface area contributed by atoms with Crippen LogP contribution in [0.25, 0.3) is 33.6 Å². The van der Waals surface area contributed by atoms with Crippen LogP contribution in [0, 0.1) is 13.0 Å². The number of allylic oxidation sites excluding steroid dienone is 2. The van der Waals surface area contributed by atoms with E-state index in [1.165, 1.54) is 31.1 Å². The summed E-state index contributed by atoms with van der Waals surface area (Å²) in [4.78, 5) is 14.7. The van der Waals surface area contributed by atoms with Gasteiger partial charge in [0, 0.05) is 43.3 Å². The number of rotatable bonds is 4. The van der Waals surface area contributed by atoms with Crippen molar-refractivity contribution in [1.29, 1.82) is 0 Å². The zero-order chi connectivity index (χ0) is 26.6. The van der Waals surface area contributed by atoms with Gasteiger partial charge in [-0.3, -0.25) is 4.79 Å². The number of aryl methyl sites for hydroxylation is 1. The Hall–Kier alpha value is -3.01. The predicted octanol–water partition coefficient (Wildman–Crippen LogP) is 8.73. The summed E-state index contributed by atoms with van der Waals surface area (Å²) in [6.07, 6.45) is 3.06. The van der Waals surface area contributed by atoms with E-state index in [0.717, 1.165) is 39.1 Å². The Morgan fingerprint density at radius 3 is 2.22 bits per heavy atom. The molecule has 0 amide bonds.